The van der Waals surface area contributed by atoms with Gasteiger partial charge in [0.2, 0.25) is 0 Å². The molecule has 1 aliphatic carbocycles. The molecule has 156 valence electrons. The van der Waals surface area contributed by atoms with Gasteiger partial charge in [0.05, 0.1) is 41.7 Å². The third-order valence-corrected chi connectivity index (χ3v) is 6.17. The molecule has 1 heterocycles. The van der Waals surface area contributed by atoms with Crippen molar-refractivity contribution in [2.24, 2.45) is 5.92 Å². The molecular weight excluding hydrogens is 376 g/mol. The molecule has 1 saturated heterocycles. The lowest BCUT2D eigenvalue weighted by Gasteiger charge is -2.42. The van der Waals surface area contributed by atoms with Crippen LogP contribution in [0.25, 0.3) is 0 Å². The van der Waals surface area contributed by atoms with Crippen molar-refractivity contribution in [1.82, 2.24) is 0 Å². The van der Waals surface area contributed by atoms with Crippen LogP contribution in [0.15, 0.2) is 30.3 Å². The minimum absolute atomic E-state index is 0.236. The van der Waals surface area contributed by atoms with E-state index >= 15 is 0 Å². The second-order valence-electron chi connectivity index (χ2n) is 7.40. The van der Waals surface area contributed by atoms with E-state index in [4.69, 9.17) is 23.7 Å². The Balaban J connectivity index is 1.95. The van der Waals surface area contributed by atoms with E-state index in [0.29, 0.717) is 29.6 Å². The normalized spacial score (nSPS) is 27.3. The molecule has 0 radical (unpaired) electrons. The van der Waals surface area contributed by atoms with E-state index in [1.54, 1.807) is 28.4 Å². The molecule has 4 atom stereocenters. The zero-order valence-electron chi connectivity index (χ0n) is 17.0. The van der Waals surface area contributed by atoms with E-state index in [2.05, 4.69) is 0 Å². The Morgan fingerprint density at radius 1 is 0.897 bits per heavy atom. The quantitative estimate of drug-likeness (QED) is 0.767. The Labute approximate surface area is 169 Å². The van der Waals surface area contributed by atoms with Gasteiger partial charge in [-0.1, -0.05) is 6.07 Å². The molecule has 1 aliphatic heterocycles. The van der Waals surface area contributed by atoms with Crippen LogP contribution in [0.5, 0.6) is 23.0 Å². The summed E-state index contributed by atoms with van der Waals surface area (Å²) in [6.07, 6.45) is -0.635. The first-order chi connectivity index (χ1) is 14.0. The number of hydrogen-bond donors (Lipinski definition) is 2. The fourth-order valence-corrected chi connectivity index (χ4v) is 4.71. The van der Waals surface area contributed by atoms with Gasteiger partial charge in [-0.15, -0.1) is 0 Å². The maximum atomic E-state index is 11.4. The summed E-state index contributed by atoms with van der Waals surface area (Å²) in [6, 6.07) is 9.45. The molecule has 0 unspecified atom stereocenters. The maximum absolute atomic E-state index is 11.4. The maximum Gasteiger partial charge on any atom is 0.161 e. The van der Waals surface area contributed by atoms with Crippen molar-refractivity contribution in [3.05, 3.63) is 47.0 Å². The highest BCUT2D eigenvalue weighted by molar-refractivity contribution is 5.56. The number of benzene rings is 2. The van der Waals surface area contributed by atoms with E-state index in [1.807, 2.05) is 30.3 Å². The lowest BCUT2D eigenvalue weighted by molar-refractivity contribution is -0.0965. The van der Waals surface area contributed by atoms with Gasteiger partial charge in [-0.3, -0.25) is 0 Å². The fraction of sp³-hybridized carbons (Fsp3) is 0.455. The summed E-state index contributed by atoms with van der Waals surface area (Å²) in [5, 5.41) is 21.5. The molecule has 1 fully saturated rings. The molecule has 0 spiro atoms. The van der Waals surface area contributed by atoms with E-state index in [0.717, 1.165) is 16.7 Å². The molecule has 0 saturated carbocycles. The first-order valence-corrected chi connectivity index (χ1v) is 9.44. The lowest BCUT2D eigenvalue weighted by atomic mass is 9.65. The Hall–Kier alpha value is -2.48. The lowest BCUT2D eigenvalue weighted by Crippen LogP contribution is -2.48. The van der Waals surface area contributed by atoms with Gasteiger partial charge in [0.25, 0.3) is 0 Å². The summed E-state index contributed by atoms with van der Waals surface area (Å²) < 4.78 is 27.8. The minimum atomic E-state index is -1.40. The predicted octanol–water partition coefficient (Wildman–Crippen LogP) is 2.28. The van der Waals surface area contributed by atoms with Crippen LogP contribution in [0.3, 0.4) is 0 Å². The standard InChI is InChI=1S/C22H26O7/c1-25-16-6-5-12(7-17(16)26-2)20-13-8-18(27-3)19(28-4)9-14(13)21-22(24,11-23)15(20)10-29-21/h5-9,15,20-21,23-24H,10-11H2,1-4H3/t15-,20+,21+,22-/m1/s1. The molecule has 0 amide bonds. The van der Waals surface area contributed by atoms with Crippen molar-refractivity contribution in [2.75, 3.05) is 41.7 Å². The van der Waals surface area contributed by atoms with Gasteiger partial charge in [-0.2, -0.15) is 0 Å². The molecule has 4 rings (SSSR count). The summed E-state index contributed by atoms with van der Waals surface area (Å²) in [7, 11) is 6.33. The van der Waals surface area contributed by atoms with Crippen LogP contribution < -0.4 is 18.9 Å². The fourth-order valence-electron chi connectivity index (χ4n) is 4.71. The van der Waals surface area contributed by atoms with Gasteiger partial charge in [-0.05, 0) is 41.0 Å². The molecule has 2 N–H and O–H groups in total. The highest BCUT2D eigenvalue weighted by Gasteiger charge is 2.58. The number of hydrogen-bond acceptors (Lipinski definition) is 7. The average molecular weight is 402 g/mol. The number of ether oxygens (including phenoxy) is 5. The van der Waals surface area contributed by atoms with Crippen molar-refractivity contribution in [3.63, 3.8) is 0 Å². The van der Waals surface area contributed by atoms with Crippen molar-refractivity contribution in [1.29, 1.82) is 0 Å². The number of fused-ring (bicyclic) bond motifs is 4. The topological polar surface area (TPSA) is 86.6 Å². The summed E-state index contributed by atoms with van der Waals surface area (Å²) in [5.74, 6) is 1.80. The van der Waals surface area contributed by atoms with E-state index in [1.165, 1.54) is 0 Å². The van der Waals surface area contributed by atoms with Crippen LogP contribution in [0.4, 0.5) is 0 Å². The van der Waals surface area contributed by atoms with Crippen molar-refractivity contribution in [3.8, 4) is 23.0 Å². The molecule has 2 bridgehead atoms. The van der Waals surface area contributed by atoms with Crippen LogP contribution in [-0.4, -0.2) is 57.5 Å². The molecule has 7 heteroatoms. The third-order valence-electron chi connectivity index (χ3n) is 6.17. The SMILES string of the molecule is COc1ccc([C@H]2c3cc(OC)c(OC)cc3[C@@H]3OC[C@H]2[C@]3(O)CO)cc1OC. The number of aliphatic hydroxyl groups excluding tert-OH is 1. The highest BCUT2D eigenvalue weighted by Crippen LogP contribution is 2.58. The van der Waals surface area contributed by atoms with Crippen LogP contribution in [0.1, 0.15) is 28.7 Å². The Morgan fingerprint density at radius 2 is 1.48 bits per heavy atom. The Morgan fingerprint density at radius 3 is 2.07 bits per heavy atom. The van der Waals surface area contributed by atoms with Crippen molar-refractivity contribution >= 4 is 0 Å². The van der Waals surface area contributed by atoms with Crippen molar-refractivity contribution < 1.29 is 33.9 Å². The zero-order chi connectivity index (χ0) is 20.8. The Bertz CT molecular complexity index is 912. The van der Waals surface area contributed by atoms with Gasteiger partial charge in [-0.25, -0.2) is 0 Å². The van der Waals surface area contributed by atoms with Crippen LogP contribution >= 0.6 is 0 Å². The third kappa shape index (κ3) is 2.84. The van der Waals surface area contributed by atoms with Crippen LogP contribution in [0.2, 0.25) is 0 Å². The first-order valence-electron chi connectivity index (χ1n) is 9.44. The number of rotatable bonds is 6. The minimum Gasteiger partial charge on any atom is -0.493 e. The second kappa shape index (κ2) is 7.40. The van der Waals surface area contributed by atoms with Gasteiger partial charge < -0.3 is 33.9 Å². The van der Waals surface area contributed by atoms with E-state index in [9.17, 15) is 10.2 Å². The van der Waals surface area contributed by atoms with Crippen LogP contribution in [0, 0.1) is 5.92 Å². The predicted molar refractivity (Wildman–Crippen MR) is 105 cm³/mol. The zero-order valence-corrected chi connectivity index (χ0v) is 17.0. The molecule has 7 nitrogen and oxygen atoms in total. The molecule has 29 heavy (non-hydrogen) atoms. The van der Waals surface area contributed by atoms with Gasteiger partial charge in [0.15, 0.2) is 23.0 Å². The summed E-state index contributed by atoms with van der Waals surface area (Å²) in [4.78, 5) is 0. The highest BCUT2D eigenvalue weighted by atomic mass is 16.5. The molecule has 0 aromatic heterocycles. The first kappa shape index (κ1) is 19.8. The van der Waals surface area contributed by atoms with E-state index in [-0.39, 0.29) is 11.8 Å². The summed E-state index contributed by atoms with van der Waals surface area (Å²) >= 11 is 0. The molecular formula is C22H26O7. The number of aliphatic hydroxyl groups is 2. The average Bonchev–Trinajstić information content (AvgIpc) is 2.99. The van der Waals surface area contributed by atoms with E-state index < -0.39 is 18.3 Å². The largest absolute Gasteiger partial charge is 0.493 e. The Kier molecular flexibility index (Phi) is 5.06. The van der Waals surface area contributed by atoms with Crippen molar-refractivity contribution in [2.45, 2.75) is 17.6 Å². The molecule has 2 aromatic rings. The second-order valence-corrected chi connectivity index (χ2v) is 7.40. The molecule has 2 aliphatic rings. The number of methoxy groups -OCH3 is 4. The van der Waals surface area contributed by atoms with Crippen LogP contribution in [-0.2, 0) is 4.74 Å². The van der Waals surface area contributed by atoms with Gasteiger partial charge >= 0.3 is 0 Å². The van der Waals surface area contributed by atoms with Gasteiger partial charge in [0, 0.05) is 11.8 Å². The monoisotopic (exact) mass is 402 g/mol. The molecule has 2 aromatic carbocycles. The smallest absolute Gasteiger partial charge is 0.161 e. The summed E-state index contributed by atoms with van der Waals surface area (Å²) in [5.41, 5.74) is 1.29. The van der Waals surface area contributed by atoms with Gasteiger partial charge in [0.1, 0.15) is 11.7 Å². The summed E-state index contributed by atoms with van der Waals surface area (Å²) in [6.45, 7) is -0.0834.